The lowest BCUT2D eigenvalue weighted by Gasteiger charge is -2.11. The zero-order chi connectivity index (χ0) is 16.5. The van der Waals surface area contributed by atoms with Gasteiger partial charge in [0.1, 0.15) is 11.5 Å². The number of hydrogen-bond donors (Lipinski definition) is 0. The van der Waals surface area contributed by atoms with Crippen LogP contribution in [0.1, 0.15) is 13.8 Å². The van der Waals surface area contributed by atoms with Crippen LogP contribution in [0.15, 0.2) is 34.5 Å². The van der Waals surface area contributed by atoms with Crippen molar-refractivity contribution < 1.29 is 28.5 Å². The van der Waals surface area contributed by atoms with E-state index in [-0.39, 0.29) is 19.0 Å². The van der Waals surface area contributed by atoms with Gasteiger partial charge in [-0.1, -0.05) is 0 Å². The number of methoxy groups -OCH3 is 1. The molecule has 0 aliphatic rings. The molecule has 0 saturated heterocycles. The van der Waals surface area contributed by atoms with E-state index in [1.165, 1.54) is 7.11 Å². The van der Waals surface area contributed by atoms with Gasteiger partial charge >= 0.3 is 11.9 Å². The summed E-state index contributed by atoms with van der Waals surface area (Å²) < 4.78 is 20.8. The zero-order valence-electron chi connectivity index (χ0n) is 12.6. The van der Waals surface area contributed by atoms with Crippen molar-refractivity contribution >= 4 is 27.9 Å². The number of rotatable bonds is 7. The molecule has 1 rings (SSSR count). The van der Waals surface area contributed by atoms with E-state index in [1.807, 2.05) is 0 Å². The number of carbonyl (C=O) groups excluding carboxylic acids is 2. The number of halogens is 1. The molecule has 1 aromatic rings. The SMILES string of the molecule is CCOC(=O)C=C(Oc1cc(OC)ccc1Br)C(=O)OCC. The zero-order valence-corrected chi connectivity index (χ0v) is 14.1. The van der Waals surface area contributed by atoms with Crippen molar-refractivity contribution in [2.75, 3.05) is 20.3 Å². The maximum atomic E-state index is 11.9. The van der Waals surface area contributed by atoms with Gasteiger partial charge in [-0.2, -0.15) is 0 Å². The lowest BCUT2D eigenvalue weighted by Crippen LogP contribution is -2.15. The molecular formula is C15H17BrO6. The van der Waals surface area contributed by atoms with Gasteiger partial charge in [0.05, 0.1) is 30.9 Å². The summed E-state index contributed by atoms with van der Waals surface area (Å²) >= 11 is 3.30. The first-order valence-corrected chi connectivity index (χ1v) is 7.38. The van der Waals surface area contributed by atoms with E-state index in [0.717, 1.165) is 6.08 Å². The summed E-state index contributed by atoms with van der Waals surface area (Å²) in [5, 5.41) is 0. The second-order valence-electron chi connectivity index (χ2n) is 3.88. The van der Waals surface area contributed by atoms with Gasteiger partial charge in [0, 0.05) is 6.07 Å². The third-order valence-electron chi connectivity index (χ3n) is 2.37. The molecule has 0 radical (unpaired) electrons. The maximum absolute atomic E-state index is 11.9. The maximum Gasteiger partial charge on any atom is 0.374 e. The van der Waals surface area contributed by atoms with E-state index >= 15 is 0 Å². The standard InChI is InChI=1S/C15H17BrO6/c1-4-20-14(17)9-13(15(18)21-5-2)22-12-8-10(19-3)6-7-11(12)16/h6-9H,4-5H2,1-3H3. The van der Waals surface area contributed by atoms with Crippen molar-refractivity contribution in [3.63, 3.8) is 0 Å². The van der Waals surface area contributed by atoms with Crippen LogP contribution < -0.4 is 9.47 Å². The Morgan fingerprint density at radius 2 is 1.86 bits per heavy atom. The molecule has 0 unspecified atom stereocenters. The Labute approximate surface area is 137 Å². The third kappa shape index (κ3) is 5.40. The summed E-state index contributed by atoms with van der Waals surface area (Å²) in [5.41, 5.74) is 0. The smallest absolute Gasteiger partial charge is 0.374 e. The Hall–Kier alpha value is -2.02. The van der Waals surface area contributed by atoms with Crippen molar-refractivity contribution in [3.8, 4) is 11.5 Å². The largest absolute Gasteiger partial charge is 0.497 e. The minimum atomic E-state index is -0.759. The second kappa shape index (κ2) is 9.09. The molecule has 0 spiro atoms. The molecule has 1 aromatic carbocycles. The van der Waals surface area contributed by atoms with E-state index < -0.39 is 11.9 Å². The second-order valence-corrected chi connectivity index (χ2v) is 4.73. The van der Waals surface area contributed by atoms with Crippen molar-refractivity contribution in [2.45, 2.75) is 13.8 Å². The predicted molar refractivity (Wildman–Crippen MR) is 82.7 cm³/mol. The molecule has 0 fully saturated rings. The molecule has 0 aliphatic heterocycles. The molecular weight excluding hydrogens is 356 g/mol. The summed E-state index contributed by atoms with van der Waals surface area (Å²) in [4.78, 5) is 23.4. The Morgan fingerprint density at radius 3 is 2.45 bits per heavy atom. The average Bonchev–Trinajstić information content (AvgIpc) is 2.49. The Kier molecular flexibility index (Phi) is 7.45. The normalized spacial score (nSPS) is 10.8. The quantitative estimate of drug-likeness (QED) is 0.416. The molecule has 7 heteroatoms. The fourth-order valence-electron chi connectivity index (χ4n) is 1.43. The van der Waals surface area contributed by atoms with Crippen LogP contribution in [0.25, 0.3) is 0 Å². The van der Waals surface area contributed by atoms with Crippen molar-refractivity contribution in [2.24, 2.45) is 0 Å². The van der Waals surface area contributed by atoms with Crippen LogP contribution in [0.3, 0.4) is 0 Å². The van der Waals surface area contributed by atoms with Crippen molar-refractivity contribution in [1.29, 1.82) is 0 Å². The minimum absolute atomic E-state index is 0.154. The highest BCUT2D eigenvalue weighted by Crippen LogP contribution is 2.30. The Morgan fingerprint density at radius 1 is 1.18 bits per heavy atom. The monoisotopic (exact) mass is 372 g/mol. The number of hydrogen-bond acceptors (Lipinski definition) is 6. The van der Waals surface area contributed by atoms with Crippen LogP contribution in [-0.2, 0) is 19.1 Å². The molecule has 0 saturated carbocycles. The third-order valence-corrected chi connectivity index (χ3v) is 3.03. The molecule has 120 valence electrons. The first-order chi connectivity index (χ1) is 10.5. The van der Waals surface area contributed by atoms with Gasteiger partial charge in [-0.15, -0.1) is 0 Å². The van der Waals surface area contributed by atoms with E-state index in [0.29, 0.717) is 16.0 Å². The van der Waals surface area contributed by atoms with E-state index in [9.17, 15) is 9.59 Å². The molecule has 0 bridgehead atoms. The highest BCUT2D eigenvalue weighted by Gasteiger charge is 2.18. The summed E-state index contributed by atoms with van der Waals surface area (Å²) in [5.74, 6) is -0.871. The van der Waals surface area contributed by atoms with Gasteiger partial charge in [-0.05, 0) is 41.9 Å². The van der Waals surface area contributed by atoms with Gasteiger partial charge in [0.25, 0.3) is 0 Å². The number of carbonyl (C=O) groups is 2. The van der Waals surface area contributed by atoms with Gasteiger partial charge in [0.2, 0.25) is 5.76 Å². The van der Waals surface area contributed by atoms with Crippen LogP contribution in [0.5, 0.6) is 11.5 Å². The highest BCUT2D eigenvalue weighted by molar-refractivity contribution is 9.10. The van der Waals surface area contributed by atoms with E-state index in [1.54, 1.807) is 32.0 Å². The predicted octanol–water partition coefficient (Wildman–Crippen LogP) is 2.85. The van der Waals surface area contributed by atoms with Gasteiger partial charge in [-0.25, -0.2) is 9.59 Å². The number of ether oxygens (including phenoxy) is 4. The van der Waals surface area contributed by atoms with Crippen LogP contribution >= 0.6 is 15.9 Å². The summed E-state index contributed by atoms with van der Waals surface area (Å²) in [7, 11) is 1.51. The summed E-state index contributed by atoms with van der Waals surface area (Å²) in [6.07, 6.45) is 0.952. The minimum Gasteiger partial charge on any atom is -0.497 e. The van der Waals surface area contributed by atoms with Gasteiger partial charge in [0.15, 0.2) is 0 Å². The molecule has 6 nitrogen and oxygen atoms in total. The topological polar surface area (TPSA) is 71.1 Å². The summed E-state index contributed by atoms with van der Waals surface area (Å²) in [6, 6.07) is 4.99. The highest BCUT2D eigenvalue weighted by atomic mass is 79.9. The lowest BCUT2D eigenvalue weighted by molar-refractivity contribution is -0.143. The van der Waals surface area contributed by atoms with Crippen LogP contribution in [0, 0.1) is 0 Å². The molecule has 0 atom stereocenters. The van der Waals surface area contributed by atoms with Crippen LogP contribution in [-0.4, -0.2) is 32.3 Å². The molecule has 0 heterocycles. The lowest BCUT2D eigenvalue weighted by atomic mass is 10.3. The fraction of sp³-hybridized carbons (Fsp3) is 0.333. The number of esters is 2. The van der Waals surface area contributed by atoms with Crippen LogP contribution in [0.2, 0.25) is 0 Å². The molecule has 0 N–H and O–H groups in total. The number of benzene rings is 1. The van der Waals surface area contributed by atoms with Crippen LogP contribution in [0.4, 0.5) is 0 Å². The van der Waals surface area contributed by atoms with Gasteiger partial charge in [-0.3, -0.25) is 0 Å². The Balaban J connectivity index is 3.07. The molecule has 0 aromatic heterocycles. The molecule has 0 amide bonds. The van der Waals surface area contributed by atoms with Gasteiger partial charge < -0.3 is 18.9 Å². The first kappa shape index (κ1) is 18.0. The Bertz CT molecular complexity index is 567. The molecule has 22 heavy (non-hydrogen) atoms. The van der Waals surface area contributed by atoms with Crippen molar-refractivity contribution in [3.05, 3.63) is 34.5 Å². The first-order valence-electron chi connectivity index (χ1n) is 6.58. The van der Waals surface area contributed by atoms with E-state index in [2.05, 4.69) is 15.9 Å². The fourth-order valence-corrected chi connectivity index (χ4v) is 1.76. The average molecular weight is 373 g/mol. The van der Waals surface area contributed by atoms with E-state index in [4.69, 9.17) is 18.9 Å². The molecule has 0 aliphatic carbocycles. The summed E-state index contributed by atoms with van der Waals surface area (Å²) in [6.45, 7) is 3.66. The van der Waals surface area contributed by atoms with Crippen molar-refractivity contribution in [1.82, 2.24) is 0 Å².